The Morgan fingerprint density at radius 2 is 2.28 bits per heavy atom. The van der Waals surface area contributed by atoms with Gasteiger partial charge in [-0.1, -0.05) is 22.0 Å². The first-order chi connectivity index (χ1) is 8.45. The second-order valence-corrected chi connectivity index (χ2v) is 5.99. The third kappa shape index (κ3) is 2.37. The van der Waals surface area contributed by atoms with Crippen LogP contribution in [-0.4, -0.2) is 35.7 Å². The number of anilines is 1. The maximum atomic E-state index is 11.9. The van der Waals surface area contributed by atoms with Crippen LogP contribution in [0.25, 0.3) is 0 Å². The summed E-state index contributed by atoms with van der Waals surface area (Å²) >= 11 is 3.43. The van der Waals surface area contributed by atoms with Crippen LogP contribution in [0.4, 0.5) is 5.69 Å². The van der Waals surface area contributed by atoms with Crippen molar-refractivity contribution in [3.63, 3.8) is 0 Å². The molecule has 0 aliphatic carbocycles. The number of benzene rings is 1. The molecule has 98 valence electrons. The Morgan fingerprint density at radius 1 is 1.56 bits per heavy atom. The number of rotatable bonds is 2. The van der Waals surface area contributed by atoms with E-state index in [1.54, 1.807) is 0 Å². The summed E-state index contributed by atoms with van der Waals surface area (Å²) in [6, 6.07) is 7.24. The molecule has 0 radical (unpaired) electrons. The van der Waals surface area contributed by atoms with E-state index in [4.69, 9.17) is 0 Å². The first-order valence-corrected chi connectivity index (χ1v) is 6.68. The van der Waals surface area contributed by atoms with Crippen molar-refractivity contribution in [2.75, 3.05) is 18.1 Å². The maximum absolute atomic E-state index is 11.9. The fourth-order valence-corrected chi connectivity index (χ4v) is 2.75. The molecule has 0 spiro atoms. The van der Waals surface area contributed by atoms with E-state index in [1.165, 1.54) is 0 Å². The predicted molar refractivity (Wildman–Crippen MR) is 74.6 cm³/mol. The molecule has 2 N–H and O–H groups in total. The van der Waals surface area contributed by atoms with Gasteiger partial charge in [-0.15, -0.1) is 0 Å². The van der Waals surface area contributed by atoms with Crippen LogP contribution >= 0.6 is 15.9 Å². The standard InChI is InChI=1S/C13H17BrN2O2/c1-13(2)8-15-12(18)11(7-17)16(13)10-5-3-4-9(14)6-10/h3-6,11,17H,7-8H2,1-2H3,(H,15,18). The van der Waals surface area contributed by atoms with Gasteiger partial charge < -0.3 is 15.3 Å². The molecule has 1 saturated heterocycles. The lowest BCUT2D eigenvalue weighted by atomic mass is 9.95. The van der Waals surface area contributed by atoms with Gasteiger partial charge in [0.15, 0.2) is 0 Å². The summed E-state index contributed by atoms with van der Waals surface area (Å²) < 4.78 is 0.957. The number of nitrogens with one attached hydrogen (secondary N) is 1. The largest absolute Gasteiger partial charge is 0.394 e. The van der Waals surface area contributed by atoms with Gasteiger partial charge in [-0.2, -0.15) is 0 Å². The second-order valence-electron chi connectivity index (χ2n) is 5.08. The van der Waals surface area contributed by atoms with Crippen molar-refractivity contribution in [2.24, 2.45) is 0 Å². The van der Waals surface area contributed by atoms with Crippen LogP contribution in [0.3, 0.4) is 0 Å². The average molecular weight is 313 g/mol. The molecular weight excluding hydrogens is 296 g/mol. The number of nitrogens with zero attached hydrogens (tertiary/aromatic N) is 1. The number of amides is 1. The number of aliphatic hydroxyl groups is 1. The molecule has 0 aromatic heterocycles. The minimum absolute atomic E-state index is 0.128. The number of carbonyl (C=O) groups excluding carboxylic acids is 1. The van der Waals surface area contributed by atoms with E-state index in [2.05, 4.69) is 35.1 Å². The molecule has 1 aromatic rings. The van der Waals surface area contributed by atoms with Crippen LogP contribution in [0.2, 0.25) is 0 Å². The maximum Gasteiger partial charge on any atom is 0.245 e. The summed E-state index contributed by atoms with van der Waals surface area (Å²) in [5.41, 5.74) is 0.700. The molecule has 18 heavy (non-hydrogen) atoms. The zero-order chi connectivity index (χ0) is 13.3. The number of hydrogen-bond acceptors (Lipinski definition) is 3. The van der Waals surface area contributed by atoms with Gasteiger partial charge in [0.1, 0.15) is 6.04 Å². The molecule has 1 aliphatic heterocycles. The van der Waals surface area contributed by atoms with Gasteiger partial charge in [-0.3, -0.25) is 4.79 Å². The Balaban J connectivity index is 2.44. The highest BCUT2D eigenvalue weighted by Crippen LogP contribution is 2.30. The fourth-order valence-electron chi connectivity index (χ4n) is 2.37. The van der Waals surface area contributed by atoms with Crippen molar-refractivity contribution in [3.8, 4) is 0 Å². The van der Waals surface area contributed by atoms with E-state index in [1.807, 2.05) is 29.2 Å². The smallest absolute Gasteiger partial charge is 0.245 e. The van der Waals surface area contributed by atoms with Crippen molar-refractivity contribution in [1.82, 2.24) is 5.32 Å². The summed E-state index contributed by atoms with van der Waals surface area (Å²) in [7, 11) is 0. The Kier molecular flexibility index (Phi) is 3.64. The van der Waals surface area contributed by atoms with Crippen molar-refractivity contribution in [1.29, 1.82) is 0 Å². The number of halogens is 1. The molecular formula is C13H17BrN2O2. The highest BCUT2D eigenvalue weighted by atomic mass is 79.9. The molecule has 1 atom stereocenters. The molecule has 0 saturated carbocycles. The van der Waals surface area contributed by atoms with E-state index in [0.717, 1.165) is 10.2 Å². The van der Waals surface area contributed by atoms with Gasteiger partial charge in [0, 0.05) is 16.7 Å². The van der Waals surface area contributed by atoms with Crippen LogP contribution in [-0.2, 0) is 4.79 Å². The predicted octanol–water partition coefficient (Wildman–Crippen LogP) is 1.52. The first-order valence-electron chi connectivity index (χ1n) is 5.89. The molecule has 1 fully saturated rings. The quantitative estimate of drug-likeness (QED) is 0.870. The Morgan fingerprint density at radius 3 is 2.89 bits per heavy atom. The summed E-state index contributed by atoms with van der Waals surface area (Å²) in [5.74, 6) is -0.128. The lowest BCUT2D eigenvalue weighted by Crippen LogP contribution is -2.67. The van der Waals surface area contributed by atoms with Crippen molar-refractivity contribution in [3.05, 3.63) is 28.7 Å². The van der Waals surface area contributed by atoms with E-state index in [-0.39, 0.29) is 18.1 Å². The molecule has 4 nitrogen and oxygen atoms in total. The lowest BCUT2D eigenvalue weighted by molar-refractivity contribution is -0.125. The van der Waals surface area contributed by atoms with Crippen LogP contribution in [0, 0.1) is 0 Å². The van der Waals surface area contributed by atoms with Crippen molar-refractivity contribution < 1.29 is 9.90 Å². The van der Waals surface area contributed by atoms with Gasteiger partial charge >= 0.3 is 0 Å². The Hall–Kier alpha value is -1.07. The third-order valence-electron chi connectivity index (χ3n) is 3.22. The van der Waals surface area contributed by atoms with Gasteiger partial charge in [-0.25, -0.2) is 0 Å². The highest BCUT2D eigenvalue weighted by molar-refractivity contribution is 9.10. The number of hydrogen-bond donors (Lipinski definition) is 2. The average Bonchev–Trinajstić information content (AvgIpc) is 2.31. The molecule has 5 heteroatoms. The summed E-state index contributed by atoms with van der Waals surface area (Å²) in [4.78, 5) is 13.8. The minimum atomic E-state index is -0.539. The van der Waals surface area contributed by atoms with Crippen molar-refractivity contribution in [2.45, 2.75) is 25.4 Å². The van der Waals surface area contributed by atoms with Gasteiger partial charge in [0.25, 0.3) is 0 Å². The summed E-state index contributed by atoms with van der Waals surface area (Å²) in [6.07, 6.45) is 0. The SMILES string of the molecule is CC1(C)CNC(=O)C(CO)N1c1cccc(Br)c1. The number of piperazine rings is 1. The third-order valence-corrected chi connectivity index (χ3v) is 3.71. The van der Waals surface area contributed by atoms with Crippen LogP contribution < -0.4 is 10.2 Å². The van der Waals surface area contributed by atoms with Gasteiger partial charge in [0.05, 0.1) is 12.1 Å². The van der Waals surface area contributed by atoms with Crippen LogP contribution in [0.1, 0.15) is 13.8 Å². The van der Waals surface area contributed by atoms with Crippen molar-refractivity contribution >= 4 is 27.5 Å². The first kappa shape index (κ1) is 13.4. The zero-order valence-corrected chi connectivity index (χ0v) is 12.1. The minimum Gasteiger partial charge on any atom is -0.394 e. The molecule has 0 bridgehead atoms. The van der Waals surface area contributed by atoms with E-state index in [9.17, 15) is 9.90 Å². The monoisotopic (exact) mass is 312 g/mol. The van der Waals surface area contributed by atoms with E-state index in [0.29, 0.717) is 6.54 Å². The number of aliphatic hydroxyl groups excluding tert-OH is 1. The molecule has 1 aliphatic rings. The van der Waals surface area contributed by atoms with Gasteiger partial charge in [-0.05, 0) is 32.0 Å². The van der Waals surface area contributed by atoms with Crippen LogP contribution in [0.5, 0.6) is 0 Å². The Labute approximate surface area is 115 Å². The lowest BCUT2D eigenvalue weighted by Gasteiger charge is -2.48. The summed E-state index contributed by atoms with van der Waals surface area (Å²) in [5, 5.41) is 12.3. The zero-order valence-electron chi connectivity index (χ0n) is 10.5. The summed E-state index contributed by atoms with van der Waals surface area (Å²) in [6.45, 7) is 4.47. The van der Waals surface area contributed by atoms with Gasteiger partial charge in [0.2, 0.25) is 5.91 Å². The van der Waals surface area contributed by atoms with E-state index >= 15 is 0 Å². The molecule has 1 amide bonds. The molecule has 2 rings (SSSR count). The normalized spacial score (nSPS) is 22.8. The highest BCUT2D eigenvalue weighted by Gasteiger charge is 2.40. The Bertz CT molecular complexity index is 462. The topological polar surface area (TPSA) is 52.6 Å². The van der Waals surface area contributed by atoms with E-state index < -0.39 is 6.04 Å². The number of carbonyl (C=O) groups is 1. The second kappa shape index (κ2) is 4.90. The molecule has 1 unspecified atom stereocenters. The fraction of sp³-hybridized carbons (Fsp3) is 0.462. The molecule has 1 heterocycles. The van der Waals surface area contributed by atoms with Crippen LogP contribution in [0.15, 0.2) is 28.7 Å². The molecule has 1 aromatic carbocycles.